The molecule has 2 aromatic carbocycles. The topological polar surface area (TPSA) is 66.8 Å². The molecule has 0 saturated carbocycles. The van der Waals surface area contributed by atoms with Gasteiger partial charge in [0.25, 0.3) is 0 Å². The molecule has 236 valence electrons. The number of carbonyl (C=O) groups excluding carboxylic acids is 1. The van der Waals surface area contributed by atoms with Crippen LogP contribution in [0.15, 0.2) is 41.4 Å². The van der Waals surface area contributed by atoms with Crippen LogP contribution in [0, 0.1) is 11.8 Å². The smallest absolute Gasteiger partial charge is 0.412 e. The molecule has 0 spiro atoms. The van der Waals surface area contributed by atoms with Gasteiger partial charge in [0.1, 0.15) is 5.75 Å². The maximum atomic E-state index is 12.6. The number of nitrogens with zero attached hydrogens (tertiary/aromatic N) is 4. The van der Waals surface area contributed by atoms with Gasteiger partial charge >= 0.3 is 6.09 Å². The van der Waals surface area contributed by atoms with Crippen molar-refractivity contribution in [3.63, 3.8) is 0 Å². The Morgan fingerprint density at radius 1 is 0.953 bits per heavy atom. The van der Waals surface area contributed by atoms with E-state index in [4.69, 9.17) is 37.4 Å². The fourth-order valence-electron chi connectivity index (χ4n) is 5.41. The minimum atomic E-state index is -0.348. The molecule has 0 N–H and O–H groups in total. The lowest BCUT2D eigenvalue weighted by Gasteiger charge is -2.36. The van der Waals surface area contributed by atoms with Gasteiger partial charge in [0.15, 0.2) is 5.90 Å². The standard InChI is InChI=1S/C33H46Cl2N4O4/c1-24(2)21-39(22-25(3)4)33(40)43-23-42-31-13-11-26-10-12-27(20-29(26)36-31)41-19-6-5-14-37-15-17-38(18-16-37)30-9-7-8-28(34)32(30)35/h7-10,12,20,24-25H,5-6,11,13-19,21-23H2,1-4H3. The van der Waals surface area contributed by atoms with Crippen LogP contribution in [0.3, 0.4) is 0 Å². The Balaban J connectivity index is 1.16. The van der Waals surface area contributed by atoms with Crippen LogP contribution in [0.1, 0.15) is 52.5 Å². The van der Waals surface area contributed by atoms with E-state index in [1.54, 1.807) is 4.90 Å². The van der Waals surface area contributed by atoms with Crippen LogP contribution in [0.2, 0.25) is 10.0 Å². The van der Waals surface area contributed by atoms with Crippen molar-refractivity contribution < 1.29 is 19.0 Å². The second-order valence-electron chi connectivity index (χ2n) is 12.1. The van der Waals surface area contributed by atoms with E-state index in [0.29, 0.717) is 53.9 Å². The maximum Gasteiger partial charge on any atom is 0.412 e. The summed E-state index contributed by atoms with van der Waals surface area (Å²) in [6.07, 6.45) is 3.20. The zero-order valence-electron chi connectivity index (χ0n) is 26.0. The number of aliphatic imine (C=N–C) groups is 1. The van der Waals surface area contributed by atoms with Gasteiger partial charge in [0.05, 0.1) is 28.0 Å². The van der Waals surface area contributed by atoms with Gasteiger partial charge in [-0.25, -0.2) is 9.79 Å². The predicted molar refractivity (Wildman–Crippen MR) is 175 cm³/mol. The van der Waals surface area contributed by atoms with Crippen LogP contribution >= 0.6 is 23.2 Å². The largest absolute Gasteiger partial charge is 0.494 e. The summed E-state index contributed by atoms with van der Waals surface area (Å²) < 4.78 is 17.2. The molecule has 0 atom stereocenters. The summed E-state index contributed by atoms with van der Waals surface area (Å²) in [4.78, 5) is 23.8. The lowest BCUT2D eigenvalue weighted by molar-refractivity contribution is 0.0237. The highest BCUT2D eigenvalue weighted by Crippen LogP contribution is 2.33. The molecule has 0 radical (unpaired) electrons. The summed E-state index contributed by atoms with van der Waals surface area (Å²) >= 11 is 12.6. The Hall–Kier alpha value is -2.68. The van der Waals surface area contributed by atoms with Crippen LogP contribution in [-0.4, -0.2) is 81.0 Å². The molecule has 43 heavy (non-hydrogen) atoms. The van der Waals surface area contributed by atoms with E-state index in [-0.39, 0.29) is 12.9 Å². The Labute approximate surface area is 266 Å². The Morgan fingerprint density at radius 2 is 1.70 bits per heavy atom. The van der Waals surface area contributed by atoms with Crippen molar-refractivity contribution in [2.75, 3.05) is 64.1 Å². The van der Waals surface area contributed by atoms with Gasteiger partial charge in [-0.1, -0.05) is 63.0 Å². The molecule has 2 aromatic rings. The molecular weight excluding hydrogens is 587 g/mol. The monoisotopic (exact) mass is 632 g/mol. The van der Waals surface area contributed by atoms with Gasteiger partial charge in [-0.15, -0.1) is 0 Å². The quantitative estimate of drug-likeness (QED) is 0.167. The number of aryl methyl sites for hydroxylation is 1. The number of carbonyl (C=O) groups is 1. The second kappa shape index (κ2) is 16.4. The van der Waals surface area contributed by atoms with E-state index in [1.807, 2.05) is 30.3 Å². The average Bonchev–Trinajstić information content (AvgIpc) is 2.98. The summed E-state index contributed by atoms with van der Waals surface area (Å²) in [5, 5.41) is 1.24. The first kappa shape index (κ1) is 33.2. The average molecular weight is 634 g/mol. The molecule has 0 bridgehead atoms. The van der Waals surface area contributed by atoms with Gasteiger partial charge in [0, 0.05) is 51.8 Å². The zero-order valence-corrected chi connectivity index (χ0v) is 27.5. The number of piperazine rings is 1. The predicted octanol–water partition coefficient (Wildman–Crippen LogP) is 7.68. The van der Waals surface area contributed by atoms with Gasteiger partial charge in [-0.05, 0) is 61.4 Å². The molecule has 0 aromatic heterocycles. The highest BCUT2D eigenvalue weighted by molar-refractivity contribution is 6.43. The lowest BCUT2D eigenvalue weighted by atomic mass is 10.0. The van der Waals surface area contributed by atoms with E-state index < -0.39 is 0 Å². The Bertz CT molecular complexity index is 1220. The zero-order chi connectivity index (χ0) is 30.8. The van der Waals surface area contributed by atoms with Crippen molar-refractivity contribution in [1.29, 1.82) is 0 Å². The number of hydrogen-bond acceptors (Lipinski definition) is 7. The molecular formula is C33H46Cl2N4O4. The normalized spacial score (nSPS) is 15.3. The Morgan fingerprint density at radius 3 is 2.42 bits per heavy atom. The number of anilines is 1. The number of ether oxygens (including phenoxy) is 3. The van der Waals surface area contributed by atoms with E-state index in [0.717, 1.165) is 74.7 Å². The SMILES string of the molecule is CC(C)CN(CC(C)C)C(=O)OCOC1=Nc2cc(OCCCCN3CCN(c4cccc(Cl)c4Cl)CC3)ccc2CC1. The van der Waals surface area contributed by atoms with E-state index in [1.165, 1.54) is 0 Å². The number of rotatable bonds is 13. The van der Waals surface area contributed by atoms with Crippen molar-refractivity contribution in [2.24, 2.45) is 16.8 Å². The summed E-state index contributed by atoms with van der Waals surface area (Å²) in [6.45, 7) is 15.1. The number of benzene rings is 2. The second-order valence-corrected chi connectivity index (χ2v) is 12.9. The van der Waals surface area contributed by atoms with Crippen LogP contribution in [0.5, 0.6) is 5.75 Å². The molecule has 10 heteroatoms. The van der Waals surface area contributed by atoms with E-state index >= 15 is 0 Å². The summed E-state index contributed by atoms with van der Waals surface area (Å²) in [5.41, 5.74) is 3.03. The minimum absolute atomic E-state index is 0.140. The number of hydrogen-bond donors (Lipinski definition) is 0. The number of unbranched alkanes of at least 4 members (excludes halogenated alkanes) is 1. The van der Waals surface area contributed by atoms with Crippen molar-refractivity contribution in [2.45, 2.75) is 53.4 Å². The molecule has 8 nitrogen and oxygen atoms in total. The Kier molecular flexibility index (Phi) is 12.7. The van der Waals surface area contributed by atoms with Crippen molar-refractivity contribution in [3.8, 4) is 5.75 Å². The number of amides is 1. The molecule has 1 fully saturated rings. The fourth-order valence-corrected chi connectivity index (χ4v) is 5.82. The lowest BCUT2D eigenvalue weighted by Crippen LogP contribution is -2.46. The highest BCUT2D eigenvalue weighted by Gasteiger charge is 2.21. The maximum absolute atomic E-state index is 12.6. The molecule has 2 aliphatic heterocycles. The first-order valence-electron chi connectivity index (χ1n) is 15.5. The van der Waals surface area contributed by atoms with Crippen LogP contribution in [-0.2, 0) is 15.9 Å². The third kappa shape index (κ3) is 10.2. The first-order chi connectivity index (χ1) is 20.7. The summed E-state index contributed by atoms with van der Waals surface area (Å²) in [5.74, 6) is 2.12. The van der Waals surface area contributed by atoms with Gasteiger partial charge < -0.3 is 24.0 Å². The van der Waals surface area contributed by atoms with Crippen LogP contribution in [0.25, 0.3) is 0 Å². The van der Waals surface area contributed by atoms with Crippen molar-refractivity contribution in [3.05, 3.63) is 52.0 Å². The van der Waals surface area contributed by atoms with Gasteiger partial charge in [-0.3, -0.25) is 4.90 Å². The molecule has 2 heterocycles. The van der Waals surface area contributed by atoms with Crippen LogP contribution in [0.4, 0.5) is 16.2 Å². The first-order valence-corrected chi connectivity index (χ1v) is 16.2. The fraction of sp³-hybridized carbons (Fsp3) is 0.576. The van der Waals surface area contributed by atoms with Crippen molar-refractivity contribution >= 4 is 46.6 Å². The molecule has 1 saturated heterocycles. The summed E-state index contributed by atoms with van der Waals surface area (Å²) in [7, 11) is 0. The minimum Gasteiger partial charge on any atom is -0.494 e. The van der Waals surface area contributed by atoms with Gasteiger partial charge in [-0.2, -0.15) is 0 Å². The van der Waals surface area contributed by atoms with E-state index in [2.05, 4.69) is 48.6 Å². The third-order valence-corrected chi connectivity index (χ3v) is 8.34. The number of fused-ring (bicyclic) bond motifs is 1. The molecule has 0 unspecified atom stereocenters. The van der Waals surface area contributed by atoms with E-state index in [9.17, 15) is 4.79 Å². The molecule has 4 rings (SSSR count). The molecule has 1 amide bonds. The molecule has 2 aliphatic rings. The third-order valence-electron chi connectivity index (χ3n) is 7.53. The van der Waals surface area contributed by atoms with Gasteiger partial charge in [0.2, 0.25) is 6.79 Å². The number of halogens is 2. The van der Waals surface area contributed by atoms with Crippen molar-refractivity contribution in [1.82, 2.24) is 9.80 Å². The van der Waals surface area contributed by atoms with Crippen LogP contribution < -0.4 is 9.64 Å². The summed E-state index contributed by atoms with van der Waals surface area (Å²) in [6, 6.07) is 11.9. The highest BCUT2D eigenvalue weighted by atomic mass is 35.5. The molecule has 0 aliphatic carbocycles.